The average molecular weight is 300 g/mol. The van der Waals surface area contributed by atoms with Gasteiger partial charge in [0.15, 0.2) is 0 Å². The standard InChI is InChI=1S/C14H21FN2O2S/c1-3-17-9-7-13(8-10-17)16(2)20(18,19)14-6-4-5-12(15)11-14/h4-6,11,13H,3,7-10H2,1-2H3. The minimum atomic E-state index is -3.61. The van der Waals surface area contributed by atoms with Gasteiger partial charge in [0.1, 0.15) is 5.82 Å². The van der Waals surface area contributed by atoms with E-state index in [4.69, 9.17) is 0 Å². The smallest absolute Gasteiger partial charge is 0.243 e. The molecule has 20 heavy (non-hydrogen) atoms. The molecular formula is C14H21FN2O2S. The van der Waals surface area contributed by atoms with Crippen molar-refractivity contribution in [3.63, 3.8) is 0 Å². The Kier molecular flexibility index (Phi) is 4.78. The van der Waals surface area contributed by atoms with Crippen LogP contribution in [0.2, 0.25) is 0 Å². The second kappa shape index (κ2) is 6.20. The molecule has 1 aliphatic rings. The molecule has 0 bridgehead atoms. The first-order valence-electron chi connectivity index (χ1n) is 6.91. The summed E-state index contributed by atoms with van der Waals surface area (Å²) < 4.78 is 39.6. The van der Waals surface area contributed by atoms with Crippen LogP contribution in [0.25, 0.3) is 0 Å². The van der Waals surface area contributed by atoms with Crippen molar-refractivity contribution in [2.45, 2.75) is 30.7 Å². The van der Waals surface area contributed by atoms with Crippen molar-refractivity contribution in [1.29, 1.82) is 0 Å². The van der Waals surface area contributed by atoms with Crippen LogP contribution in [0, 0.1) is 5.82 Å². The number of likely N-dealkylation sites (tertiary alicyclic amines) is 1. The lowest BCUT2D eigenvalue weighted by molar-refractivity contribution is 0.176. The predicted molar refractivity (Wildman–Crippen MR) is 76.5 cm³/mol. The topological polar surface area (TPSA) is 40.6 Å². The summed E-state index contributed by atoms with van der Waals surface area (Å²) in [6, 6.07) is 5.18. The van der Waals surface area contributed by atoms with E-state index < -0.39 is 15.8 Å². The van der Waals surface area contributed by atoms with E-state index in [-0.39, 0.29) is 10.9 Å². The second-order valence-electron chi connectivity index (χ2n) is 5.14. The van der Waals surface area contributed by atoms with Crippen molar-refractivity contribution in [2.24, 2.45) is 0 Å². The Labute approximate surface area is 120 Å². The Morgan fingerprint density at radius 3 is 2.55 bits per heavy atom. The summed E-state index contributed by atoms with van der Waals surface area (Å²) >= 11 is 0. The van der Waals surface area contributed by atoms with E-state index in [1.54, 1.807) is 7.05 Å². The molecule has 2 rings (SSSR count). The van der Waals surface area contributed by atoms with E-state index in [9.17, 15) is 12.8 Å². The Bertz CT molecular complexity index is 554. The van der Waals surface area contributed by atoms with E-state index in [1.807, 2.05) is 0 Å². The zero-order valence-corrected chi connectivity index (χ0v) is 12.7. The van der Waals surface area contributed by atoms with E-state index in [1.165, 1.54) is 22.5 Å². The quantitative estimate of drug-likeness (QED) is 0.853. The lowest BCUT2D eigenvalue weighted by Gasteiger charge is -2.35. The summed E-state index contributed by atoms with van der Waals surface area (Å²) in [5.74, 6) is -0.528. The minimum absolute atomic E-state index is 0.00827. The molecule has 0 amide bonds. The molecule has 6 heteroatoms. The third kappa shape index (κ3) is 3.19. The van der Waals surface area contributed by atoms with Gasteiger partial charge in [-0.1, -0.05) is 13.0 Å². The number of hydrogen-bond acceptors (Lipinski definition) is 3. The SMILES string of the molecule is CCN1CCC(N(C)S(=O)(=O)c2cccc(F)c2)CC1. The fourth-order valence-corrected chi connectivity index (χ4v) is 4.04. The first-order valence-corrected chi connectivity index (χ1v) is 8.35. The summed E-state index contributed by atoms with van der Waals surface area (Å²) in [6.45, 7) is 4.91. The fourth-order valence-electron chi connectivity index (χ4n) is 2.59. The maximum atomic E-state index is 13.2. The molecule has 0 radical (unpaired) electrons. The van der Waals surface area contributed by atoms with Gasteiger partial charge in [-0.3, -0.25) is 0 Å². The van der Waals surface area contributed by atoms with Gasteiger partial charge in [-0.2, -0.15) is 4.31 Å². The van der Waals surface area contributed by atoms with Crippen molar-refractivity contribution in [1.82, 2.24) is 9.21 Å². The van der Waals surface area contributed by atoms with Gasteiger partial charge in [0.25, 0.3) is 0 Å². The largest absolute Gasteiger partial charge is 0.303 e. The van der Waals surface area contributed by atoms with Crippen LogP contribution in [-0.2, 0) is 10.0 Å². The van der Waals surface area contributed by atoms with Crippen LogP contribution in [0.3, 0.4) is 0 Å². The molecule has 0 aromatic heterocycles. The Morgan fingerprint density at radius 1 is 1.35 bits per heavy atom. The monoisotopic (exact) mass is 300 g/mol. The van der Waals surface area contributed by atoms with Crippen LogP contribution < -0.4 is 0 Å². The van der Waals surface area contributed by atoms with Crippen molar-refractivity contribution >= 4 is 10.0 Å². The van der Waals surface area contributed by atoms with Crippen molar-refractivity contribution in [3.05, 3.63) is 30.1 Å². The zero-order valence-electron chi connectivity index (χ0n) is 11.9. The maximum absolute atomic E-state index is 13.2. The Balaban J connectivity index is 2.14. The summed E-state index contributed by atoms with van der Waals surface area (Å²) in [6.07, 6.45) is 1.64. The minimum Gasteiger partial charge on any atom is -0.303 e. The molecule has 0 N–H and O–H groups in total. The third-order valence-electron chi connectivity index (χ3n) is 3.99. The molecule has 1 aliphatic heterocycles. The third-order valence-corrected chi connectivity index (χ3v) is 5.90. The van der Waals surface area contributed by atoms with Crippen molar-refractivity contribution in [2.75, 3.05) is 26.7 Å². The number of piperidine rings is 1. The van der Waals surface area contributed by atoms with Gasteiger partial charge in [0.2, 0.25) is 10.0 Å². The molecule has 0 spiro atoms. The van der Waals surface area contributed by atoms with Crippen LogP contribution in [0.15, 0.2) is 29.2 Å². The average Bonchev–Trinajstić information content (AvgIpc) is 2.46. The summed E-state index contributed by atoms with van der Waals surface area (Å²) in [5, 5.41) is 0. The first-order chi connectivity index (χ1) is 9.45. The van der Waals surface area contributed by atoms with Crippen LogP contribution >= 0.6 is 0 Å². The lowest BCUT2D eigenvalue weighted by Crippen LogP contribution is -2.45. The number of sulfonamides is 1. The lowest BCUT2D eigenvalue weighted by atomic mass is 10.1. The normalized spacial score (nSPS) is 18.6. The number of nitrogens with zero attached hydrogens (tertiary/aromatic N) is 2. The predicted octanol–water partition coefficient (Wildman–Crippen LogP) is 1.93. The molecule has 4 nitrogen and oxygen atoms in total. The van der Waals surface area contributed by atoms with Crippen LogP contribution in [0.1, 0.15) is 19.8 Å². The molecule has 112 valence electrons. The van der Waals surface area contributed by atoms with E-state index in [0.717, 1.165) is 38.5 Å². The molecule has 0 unspecified atom stereocenters. The number of halogens is 1. The maximum Gasteiger partial charge on any atom is 0.243 e. The number of benzene rings is 1. The van der Waals surface area contributed by atoms with Gasteiger partial charge < -0.3 is 4.90 Å². The van der Waals surface area contributed by atoms with Crippen LogP contribution in [0.5, 0.6) is 0 Å². The summed E-state index contributed by atoms with van der Waals surface area (Å²) in [5.41, 5.74) is 0. The van der Waals surface area contributed by atoms with Gasteiger partial charge >= 0.3 is 0 Å². The van der Waals surface area contributed by atoms with Gasteiger partial charge in [-0.05, 0) is 50.7 Å². The summed E-state index contributed by atoms with van der Waals surface area (Å²) in [7, 11) is -2.02. The van der Waals surface area contributed by atoms with E-state index in [0.29, 0.717) is 0 Å². The van der Waals surface area contributed by atoms with Gasteiger partial charge in [-0.25, -0.2) is 12.8 Å². The molecule has 0 aliphatic carbocycles. The highest BCUT2D eigenvalue weighted by molar-refractivity contribution is 7.89. The van der Waals surface area contributed by atoms with Crippen molar-refractivity contribution in [3.8, 4) is 0 Å². The van der Waals surface area contributed by atoms with Crippen molar-refractivity contribution < 1.29 is 12.8 Å². The number of hydrogen-bond donors (Lipinski definition) is 0. The molecule has 0 saturated carbocycles. The highest BCUT2D eigenvalue weighted by Gasteiger charge is 2.30. The number of rotatable bonds is 4. The van der Waals surface area contributed by atoms with E-state index in [2.05, 4.69) is 11.8 Å². The second-order valence-corrected chi connectivity index (χ2v) is 7.14. The first kappa shape index (κ1) is 15.4. The molecule has 1 aromatic carbocycles. The van der Waals surface area contributed by atoms with E-state index >= 15 is 0 Å². The highest BCUT2D eigenvalue weighted by Crippen LogP contribution is 2.23. The molecule has 1 aromatic rings. The van der Waals surface area contributed by atoms with Gasteiger partial charge in [0.05, 0.1) is 4.90 Å². The highest BCUT2D eigenvalue weighted by atomic mass is 32.2. The Hall–Kier alpha value is -0.980. The summed E-state index contributed by atoms with van der Waals surface area (Å²) in [4.78, 5) is 2.33. The fraction of sp³-hybridized carbons (Fsp3) is 0.571. The molecule has 1 fully saturated rings. The van der Waals surface area contributed by atoms with Crippen LogP contribution in [-0.4, -0.2) is 50.3 Å². The molecular weight excluding hydrogens is 279 g/mol. The van der Waals surface area contributed by atoms with Gasteiger partial charge in [-0.15, -0.1) is 0 Å². The molecule has 1 saturated heterocycles. The van der Waals surface area contributed by atoms with Gasteiger partial charge in [0, 0.05) is 13.1 Å². The molecule has 1 heterocycles. The zero-order chi connectivity index (χ0) is 14.8. The Morgan fingerprint density at radius 2 is 2.00 bits per heavy atom. The molecule has 0 atom stereocenters. The van der Waals surface area contributed by atoms with Crippen LogP contribution in [0.4, 0.5) is 4.39 Å².